The summed E-state index contributed by atoms with van der Waals surface area (Å²) in [5.74, 6) is -0.373. The van der Waals surface area contributed by atoms with Gasteiger partial charge in [0.05, 0.1) is 17.7 Å². The number of rotatable bonds is 12. The van der Waals surface area contributed by atoms with E-state index in [0.717, 1.165) is 47.5 Å². The van der Waals surface area contributed by atoms with E-state index in [0.29, 0.717) is 12.2 Å². The third kappa shape index (κ3) is 7.50. The van der Waals surface area contributed by atoms with E-state index in [4.69, 9.17) is 4.74 Å². The van der Waals surface area contributed by atoms with Gasteiger partial charge in [-0.05, 0) is 56.0 Å². The number of sulfonamides is 1. The van der Waals surface area contributed by atoms with Crippen LogP contribution in [0.25, 0.3) is 0 Å². The lowest BCUT2D eigenvalue weighted by atomic mass is 9.95. The predicted molar refractivity (Wildman–Crippen MR) is 165 cm³/mol. The summed E-state index contributed by atoms with van der Waals surface area (Å²) in [6, 6.07) is 22.0. The molecule has 0 radical (unpaired) electrons. The van der Waals surface area contributed by atoms with E-state index in [1.54, 1.807) is 36.4 Å². The first kappa shape index (κ1) is 31.1. The van der Waals surface area contributed by atoms with Gasteiger partial charge < -0.3 is 15.0 Å². The average Bonchev–Trinajstić information content (AvgIpc) is 3.00. The molecule has 1 unspecified atom stereocenters. The number of para-hydroxylation sites is 2. The van der Waals surface area contributed by atoms with Crippen LogP contribution in [0.2, 0.25) is 0 Å². The molecule has 1 atom stereocenters. The highest BCUT2D eigenvalue weighted by Crippen LogP contribution is 2.32. The van der Waals surface area contributed by atoms with Crippen molar-refractivity contribution in [2.45, 2.75) is 75.9 Å². The van der Waals surface area contributed by atoms with Crippen LogP contribution in [0.15, 0.2) is 83.8 Å². The molecule has 0 saturated heterocycles. The largest absolute Gasteiger partial charge is 0.495 e. The van der Waals surface area contributed by atoms with E-state index in [9.17, 15) is 18.0 Å². The minimum atomic E-state index is -4.17. The smallest absolute Gasteiger partial charge is 0.264 e. The molecule has 4 rings (SSSR count). The van der Waals surface area contributed by atoms with Gasteiger partial charge in [0, 0.05) is 12.6 Å². The second-order valence-electron chi connectivity index (χ2n) is 10.8. The molecule has 0 bridgehead atoms. The summed E-state index contributed by atoms with van der Waals surface area (Å²) in [6.45, 7) is 3.41. The highest BCUT2D eigenvalue weighted by molar-refractivity contribution is 7.92. The number of aryl methyl sites for hydroxylation is 1. The van der Waals surface area contributed by atoms with Crippen LogP contribution in [0.5, 0.6) is 5.75 Å². The Morgan fingerprint density at radius 3 is 2.21 bits per heavy atom. The summed E-state index contributed by atoms with van der Waals surface area (Å²) < 4.78 is 34.8. The van der Waals surface area contributed by atoms with Crippen LogP contribution in [0, 0.1) is 6.92 Å². The number of nitrogens with zero attached hydrogens (tertiary/aromatic N) is 2. The van der Waals surface area contributed by atoms with Gasteiger partial charge in [-0.25, -0.2) is 8.42 Å². The van der Waals surface area contributed by atoms with Gasteiger partial charge >= 0.3 is 0 Å². The Bertz CT molecular complexity index is 1440. The average molecular weight is 592 g/mol. The van der Waals surface area contributed by atoms with Crippen molar-refractivity contribution in [3.63, 3.8) is 0 Å². The maximum absolute atomic E-state index is 14.3. The van der Waals surface area contributed by atoms with E-state index in [-0.39, 0.29) is 29.1 Å². The van der Waals surface area contributed by atoms with Crippen LogP contribution in [0.3, 0.4) is 0 Å². The number of methoxy groups -OCH3 is 1. The zero-order valence-corrected chi connectivity index (χ0v) is 25.5. The van der Waals surface area contributed by atoms with Gasteiger partial charge in [0.2, 0.25) is 11.8 Å². The van der Waals surface area contributed by atoms with Crippen LogP contribution < -0.4 is 14.4 Å². The Hall–Kier alpha value is -3.85. The van der Waals surface area contributed by atoms with Gasteiger partial charge in [-0.3, -0.25) is 13.9 Å². The van der Waals surface area contributed by atoms with Crippen molar-refractivity contribution >= 4 is 27.5 Å². The number of amides is 2. The molecule has 3 aromatic rings. The number of carbonyl (C=O) groups is 2. The summed E-state index contributed by atoms with van der Waals surface area (Å²) in [6.07, 6.45) is 5.53. The number of hydrogen-bond donors (Lipinski definition) is 1. The quantitative estimate of drug-likeness (QED) is 0.302. The van der Waals surface area contributed by atoms with Crippen molar-refractivity contribution in [3.8, 4) is 5.75 Å². The molecule has 1 fully saturated rings. The summed E-state index contributed by atoms with van der Waals surface area (Å²) in [7, 11) is -2.71. The van der Waals surface area contributed by atoms with Gasteiger partial charge in [-0.15, -0.1) is 0 Å². The molecular weight excluding hydrogens is 550 g/mol. The molecule has 1 aliphatic rings. The Morgan fingerprint density at radius 1 is 0.929 bits per heavy atom. The molecule has 1 saturated carbocycles. The standard InChI is InChI=1S/C33H41N3O5S/c1-4-29(33(38)34-27-15-9-6-10-16-27)35(23-26-13-7-5-8-14-26)32(37)24-36(30-17-11-12-18-31(30)41-3)42(39,40)28-21-19-25(2)20-22-28/h5,7-8,11-14,17-22,27,29H,4,6,9-10,15-16,23-24H2,1-3H3,(H,34,38). The molecule has 8 nitrogen and oxygen atoms in total. The van der Waals surface area contributed by atoms with Gasteiger partial charge in [0.15, 0.2) is 0 Å². The summed E-state index contributed by atoms with van der Waals surface area (Å²) >= 11 is 0. The molecule has 0 heterocycles. The first-order valence-electron chi connectivity index (χ1n) is 14.6. The van der Waals surface area contributed by atoms with Crippen LogP contribution in [0.1, 0.15) is 56.6 Å². The SMILES string of the molecule is CCC(C(=O)NC1CCCCC1)N(Cc1ccccc1)C(=O)CN(c1ccccc1OC)S(=O)(=O)c1ccc(C)cc1. The zero-order chi connectivity index (χ0) is 30.1. The number of hydrogen-bond acceptors (Lipinski definition) is 5. The number of carbonyl (C=O) groups excluding carboxylic acids is 2. The van der Waals surface area contributed by atoms with E-state index >= 15 is 0 Å². The van der Waals surface area contributed by atoms with Crippen LogP contribution in [-0.2, 0) is 26.2 Å². The summed E-state index contributed by atoms with van der Waals surface area (Å²) in [5, 5.41) is 3.17. The topological polar surface area (TPSA) is 96.0 Å². The molecule has 0 aromatic heterocycles. The molecular formula is C33H41N3O5S. The van der Waals surface area contributed by atoms with Crippen molar-refractivity contribution < 1.29 is 22.7 Å². The fourth-order valence-corrected chi connectivity index (χ4v) is 6.86. The Kier molecular flexibility index (Phi) is 10.6. The monoisotopic (exact) mass is 591 g/mol. The van der Waals surface area contributed by atoms with Crippen molar-refractivity contribution in [1.82, 2.24) is 10.2 Å². The van der Waals surface area contributed by atoms with Crippen molar-refractivity contribution in [3.05, 3.63) is 90.0 Å². The Morgan fingerprint density at radius 2 is 1.57 bits per heavy atom. The van der Waals surface area contributed by atoms with Gasteiger partial charge in [0.25, 0.3) is 10.0 Å². The molecule has 9 heteroatoms. The van der Waals surface area contributed by atoms with E-state index in [2.05, 4.69) is 5.32 Å². The van der Waals surface area contributed by atoms with Crippen molar-refractivity contribution in [2.75, 3.05) is 18.0 Å². The Labute approximate surface area is 249 Å². The second kappa shape index (κ2) is 14.4. The molecule has 3 aromatic carbocycles. The molecule has 0 aliphatic heterocycles. The maximum Gasteiger partial charge on any atom is 0.264 e. The highest BCUT2D eigenvalue weighted by atomic mass is 32.2. The third-order valence-electron chi connectivity index (χ3n) is 7.77. The van der Waals surface area contributed by atoms with Gasteiger partial charge in [-0.2, -0.15) is 0 Å². The van der Waals surface area contributed by atoms with Crippen LogP contribution in [0.4, 0.5) is 5.69 Å². The fraction of sp³-hybridized carbons (Fsp3) is 0.394. The number of ether oxygens (including phenoxy) is 1. The lowest BCUT2D eigenvalue weighted by molar-refractivity contribution is -0.140. The predicted octanol–water partition coefficient (Wildman–Crippen LogP) is 5.46. The van der Waals surface area contributed by atoms with Gasteiger partial charge in [-0.1, -0.05) is 86.3 Å². The molecule has 1 aliphatic carbocycles. The number of nitrogens with one attached hydrogen (secondary N) is 1. The van der Waals surface area contributed by atoms with Crippen molar-refractivity contribution in [1.29, 1.82) is 0 Å². The van der Waals surface area contributed by atoms with E-state index in [1.165, 1.54) is 24.1 Å². The minimum Gasteiger partial charge on any atom is -0.495 e. The van der Waals surface area contributed by atoms with Crippen LogP contribution >= 0.6 is 0 Å². The number of anilines is 1. The minimum absolute atomic E-state index is 0.0588. The van der Waals surface area contributed by atoms with E-state index in [1.807, 2.05) is 44.2 Å². The summed E-state index contributed by atoms with van der Waals surface area (Å²) in [5.41, 5.74) is 2.01. The van der Waals surface area contributed by atoms with Crippen molar-refractivity contribution in [2.24, 2.45) is 0 Å². The molecule has 42 heavy (non-hydrogen) atoms. The zero-order valence-electron chi connectivity index (χ0n) is 24.7. The Balaban J connectivity index is 1.72. The van der Waals surface area contributed by atoms with Gasteiger partial charge in [0.1, 0.15) is 18.3 Å². The molecule has 0 spiro atoms. The lowest BCUT2D eigenvalue weighted by Crippen LogP contribution is -2.54. The normalized spacial score (nSPS) is 14.5. The molecule has 224 valence electrons. The number of benzene rings is 3. The lowest BCUT2D eigenvalue weighted by Gasteiger charge is -2.34. The van der Waals surface area contributed by atoms with Crippen LogP contribution in [-0.4, -0.2) is 50.9 Å². The maximum atomic E-state index is 14.3. The highest BCUT2D eigenvalue weighted by Gasteiger charge is 2.35. The molecule has 2 amide bonds. The third-order valence-corrected chi connectivity index (χ3v) is 9.55. The first-order chi connectivity index (χ1) is 20.2. The molecule has 1 N–H and O–H groups in total. The van der Waals surface area contributed by atoms with E-state index < -0.39 is 28.5 Å². The fourth-order valence-electron chi connectivity index (χ4n) is 5.43. The first-order valence-corrected chi connectivity index (χ1v) is 16.0. The second-order valence-corrected chi connectivity index (χ2v) is 12.6. The summed E-state index contributed by atoms with van der Waals surface area (Å²) in [4.78, 5) is 29.5.